The number of halogens is 2. The number of hydrogen-bond donors (Lipinski definition) is 1. The molecule has 2 aromatic carbocycles. The number of amides is 2. The van der Waals surface area contributed by atoms with E-state index >= 15 is 0 Å². The Bertz CT molecular complexity index is 810. The van der Waals surface area contributed by atoms with Crippen LogP contribution in [0.15, 0.2) is 46.9 Å². The van der Waals surface area contributed by atoms with Gasteiger partial charge in [-0.1, -0.05) is 27.5 Å². The van der Waals surface area contributed by atoms with Crippen LogP contribution in [0.25, 0.3) is 0 Å². The van der Waals surface area contributed by atoms with Crippen molar-refractivity contribution in [3.05, 3.63) is 52.0 Å². The van der Waals surface area contributed by atoms with Crippen LogP contribution in [0.2, 0.25) is 5.02 Å². The molecule has 0 unspecified atom stereocenters. The summed E-state index contributed by atoms with van der Waals surface area (Å²) < 4.78 is 6.24. The number of ether oxygens (including phenoxy) is 1. The van der Waals surface area contributed by atoms with E-state index in [1.807, 2.05) is 12.1 Å². The zero-order valence-corrected chi connectivity index (χ0v) is 15.8. The van der Waals surface area contributed by atoms with Crippen LogP contribution in [0.4, 0.5) is 11.4 Å². The Balaban J connectivity index is 1.75. The van der Waals surface area contributed by atoms with Crippen LogP contribution in [-0.2, 0) is 9.59 Å². The predicted molar refractivity (Wildman–Crippen MR) is 101 cm³/mol. The SMILES string of the molecule is COc1ccc(Cl)cc1N1C[C@H](C(=O)Nc2ccc(Br)cc2)CC1=O. The number of carbonyl (C=O) groups is 2. The molecule has 2 aromatic rings. The fraction of sp³-hybridized carbons (Fsp3) is 0.222. The van der Waals surface area contributed by atoms with Crippen molar-refractivity contribution in [3.63, 3.8) is 0 Å². The van der Waals surface area contributed by atoms with E-state index in [4.69, 9.17) is 16.3 Å². The monoisotopic (exact) mass is 422 g/mol. The van der Waals surface area contributed by atoms with Gasteiger partial charge < -0.3 is 15.0 Å². The molecule has 1 aliphatic heterocycles. The maximum absolute atomic E-state index is 12.5. The lowest BCUT2D eigenvalue weighted by atomic mass is 10.1. The molecular formula is C18H16BrClN2O3. The molecule has 1 atom stereocenters. The number of nitrogens with zero attached hydrogens (tertiary/aromatic N) is 1. The van der Waals surface area contributed by atoms with Gasteiger partial charge in [0.2, 0.25) is 11.8 Å². The van der Waals surface area contributed by atoms with Crippen LogP contribution >= 0.6 is 27.5 Å². The van der Waals surface area contributed by atoms with Gasteiger partial charge in [-0.25, -0.2) is 0 Å². The van der Waals surface area contributed by atoms with Crippen LogP contribution in [0.5, 0.6) is 5.75 Å². The minimum Gasteiger partial charge on any atom is -0.495 e. The molecule has 1 aliphatic rings. The number of benzene rings is 2. The molecule has 0 radical (unpaired) electrons. The van der Waals surface area contributed by atoms with Crippen LogP contribution in [0.1, 0.15) is 6.42 Å². The summed E-state index contributed by atoms with van der Waals surface area (Å²) in [6.07, 6.45) is 0.151. The molecule has 5 nitrogen and oxygen atoms in total. The minimum absolute atomic E-state index is 0.128. The summed E-state index contributed by atoms with van der Waals surface area (Å²) in [5.74, 6) is -0.192. The van der Waals surface area contributed by atoms with Crippen molar-refractivity contribution in [3.8, 4) is 5.75 Å². The van der Waals surface area contributed by atoms with Crippen molar-refractivity contribution < 1.29 is 14.3 Å². The molecule has 2 amide bonds. The molecule has 0 aliphatic carbocycles. The molecule has 0 spiro atoms. The summed E-state index contributed by atoms with van der Waals surface area (Å²) in [7, 11) is 1.53. The third-order valence-corrected chi connectivity index (χ3v) is 4.80. The molecular weight excluding hydrogens is 408 g/mol. The van der Waals surface area contributed by atoms with E-state index in [1.54, 1.807) is 35.2 Å². The molecule has 0 aromatic heterocycles. The van der Waals surface area contributed by atoms with Gasteiger partial charge in [0.05, 0.1) is 18.7 Å². The first-order valence-electron chi connectivity index (χ1n) is 7.68. The van der Waals surface area contributed by atoms with Crippen LogP contribution < -0.4 is 15.0 Å². The molecule has 130 valence electrons. The predicted octanol–water partition coefficient (Wildman–Crippen LogP) is 4.10. The number of nitrogens with one attached hydrogen (secondary N) is 1. The smallest absolute Gasteiger partial charge is 0.229 e. The van der Waals surface area contributed by atoms with E-state index in [1.165, 1.54) is 7.11 Å². The fourth-order valence-electron chi connectivity index (χ4n) is 2.77. The lowest BCUT2D eigenvalue weighted by Crippen LogP contribution is -2.28. The topological polar surface area (TPSA) is 58.6 Å². The second-order valence-electron chi connectivity index (χ2n) is 5.72. The maximum atomic E-state index is 12.5. The minimum atomic E-state index is -0.431. The Kier molecular flexibility index (Phi) is 5.30. The second-order valence-corrected chi connectivity index (χ2v) is 7.07. The van der Waals surface area contributed by atoms with Crippen molar-refractivity contribution >= 4 is 50.7 Å². The Morgan fingerprint density at radius 3 is 2.68 bits per heavy atom. The molecule has 1 fully saturated rings. The van der Waals surface area contributed by atoms with Crippen LogP contribution in [0.3, 0.4) is 0 Å². The van der Waals surface area contributed by atoms with Gasteiger partial charge in [0, 0.05) is 28.1 Å². The van der Waals surface area contributed by atoms with Gasteiger partial charge in [-0.05, 0) is 42.5 Å². The molecule has 7 heteroatoms. The van der Waals surface area contributed by atoms with Gasteiger partial charge in [-0.3, -0.25) is 9.59 Å². The zero-order chi connectivity index (χ0) is 18.0. The average molecular weight is 424 g/mol. The summed E-state index contributed by atoms with van der Waals surface area (Å²) in [5, 5.41) is 3.35. The molecule has 1 N–H and O–H groups in total. The number of hydrogen-bond acceptors (Lipinski definition) is 3. The Morgan fingerprint density at radius 2 is 2.00 bits per heavy atom. The summed E-state index contributed by atoms with van der Waals surface area (Å²) in [6, 6.07) is 12.4. The summed E-state index contributed by atoms with van der Waals surface area (Å²) in [6.45, 7) is 0.290. The number of carbonyl (C=O) groups excluding carboxylic acids is 2. The molecule has 0 saturated carbocycles. The molecule has 1 saturated heterocycles. The Morgan fingerprint density at radius 1 is 1.28 bits per heavy atom. The van der Waals surface area contributed by atoms with E-state index in [0.717, 1.165) is 4.47 Å². The largest absolute Gasteiger partial charge is 0.495 e. The Labute approximate surface area is 159 Å². The number of methoxy groups -OCH3 is 1. The summed E-state index contributed by atoms with van der Waals surface area (Å²) in [5.41, 5.74) is 1.28. The third kappa shape index (κ3) is 3.96. The van der Waals surface area contributed by atoms with Crippen molar-refractivity contribution in [1.29, 1.82) is 0 Å². The maximum Gasteiger partial charge on any atom is 0.229 e. The second kappa shape index (κ2) is 7.45. The first kappa shape index (κ1) is 17.8. The van der Waals surface area contributed by atoms with Gasteiger partial charge in [0.1, 0.15) is 5.75 Å². The van der Waals surface area contributed by atoms with Gasteiger partial charge in [-0.15, -0.1) is 0 Å². The van der Waals surface area contributed by atoms with Crippen molar-refractivity contribution in [1.82, 2.24) is 0 Å². The highest BCUT2D eigenvalue weighted by Gasteiger charge is 2.36. The van der Waals surface area contributed by atoms with Gasteiger partial charge >= 0.3 is 0 Å². The number of anilines is 2. The lowest BCUT2D eigenvalue weighted by Gasteiger charge is -2.19. The standard InChI is InChI=1S/C18H16BrClN2O3/c1-25-16-7-4-13(20)9-15(16)22-10-11(8-17(22)23)18(24)21-14-5-2-12(19)3-6-14/h2-7,9,11H,8,10H2,1H3,(H,21,24)/t11-/m1/s1. The first-order chi connectivity index (χ1) is 12.0. The Hall–Kier alpha value is -2.05. The summed E-state index contributed by atoms with van der Waals surface area (Å²) >= 11 is 9.39. The molecule has 0 bridgehead atoms. The van der Waals surface area contributed by atoms with Gasteiger partial charge in [0.25, 0.3) is 0 Å². The fourth-order valence-corrected chi connectivity index (χ4v) is 3.20. The van der Waals surface area contributed by atoms with Crippen LogP contribution in [-0.4, -0.2) is 25.5 Å². The number of rotatable bonds is 4. The quantitative estimate of drug-likeness (QED) is 0.805. The van der Waals surface area contributed by atoms with Gasteiger partial charge in [0.15, 0.2) is 0 Å². The van der Waals surface area contributed by atoms with E-state index in [2.05, 4.69) is 21.2 Å². The van der Waals surface area contributed by atoms with Crippen LogP contribution in [0, 0.1) is 5.92 Å². The van der Waals surface area contributed by atoms with Crippen molar-refractivity contribution in [2.45, 2.75) is 6.42 Å². The average Bonchev–Trinajstić information content (AvgIpc) is 2.98. The molecule has 1 heterocycles. The van der Waals surface area contributed by atoms with Crippen molar-refractivity contribution in [2.75, 3.05) is 23.9 Å². The van der Waals surface area contributed by atoms with E-state index in [-0.39, 0.29) is 24.8 Å². The highest BCUT2D eigenvalue weighted by Crippen LogP contribution is 2.35. The van der Waals surface area contributed by atoms with E-state index < -0.39 is 5.92 Å². The molecule has 3 rings (SSSR count). The zero-order valence-electron chi connectivity index (χ0n) is 13.5. The molecule has 25 heavy (non-hydrogen) atoms. The normalized spacial score (nSPS) is 16.8. The lowest BCUT2D eigenvalue weighted by molar-refractivity contribution is -0.122. The highest BCUT2D eigenvalue weighted by molar-refractivity contribution is 9.10. The first-order valence-corrected chi connectivity index (χ1v) is 8.85. The summed E-state index contributed by atoms with van der Waals surface area (Å²) in [4.78, 5) is 26.4. The van der Waals surface area contributed by atoms with E-state index in [9.17, 15) is 9.59 Å². The third-order valence-electron chi connectivity index (χ3n) is 4.04. The van der Waals surface area contributed by atoms with Gasteiger partial charge in [-0.2, -0.15) is 0 Å². The van der Waals surface area contributed by atoms with Crippen molar-refractivity contribution in [2.24, 2.45) is 5.92 Å². The highest BCUT2D eigenvalue weighted by atomic mass is 79.9. The van der Waals surface area contributed by atoms with E-state index in [0.29, 0.717) is 22.1 Å².